The van der Waals surface area contributed by atoms with Crippen molar-refractivity contribution in [1.82, 2.24) is 5.32 Å². The number of benzene rings is 1. The zero-order valence-corrected chi connectivity index (χ0v) is 11.6. The first-order valence-electron chi connectivity index (χ1n) is 5.87. The van der Waals surface area contributed by atoms with E-state index < -0.39 is 5.60 Å². The fourth-order valence-electron chi connectivity index (χ4n) is 1.63. The van der Waals surface area contributed by atoms with Crippen molar-refractivity contribution in [2.45, 2.75) is 39.8 Å². The Hall–Kier alpha value is -1.42. The Morgan fingerprint density at radius 1 is 1.33 bits per heavy atom. The van der Waals surface area contributed by atoms with Crippen LogP contribution in [0.5, 0.6) is 0 Å². The van der Waals surface area contributed by atoms with Gasteiger partial charge in [0, 0.05) is 13.7 Å². The van der Waals surface area contributed by atoms with Crippen LogP contribution in [0.25, 0.3) is 0 Å². The number of carbonyl (C=O) groups excluding carboxylic acids is 1. The fraction of sp³-hybridized carbons (Fsp3) is 0.500. The van der Waals surface area contributed by atoms with Gasteiger partial charge >= 0.3 is 0 Å². The molecule has 0 aromatic heterocycles. The van der Waals surface area contributed by atoms with Crippen molar-refractivity contribution in [2.75, 3.05) is 7.11 Å². The molecule has 0 bridgehead atoms. The molecule has 0 aliphatic rings. The summed E-state index contributed by atoms with van der Waals surface area (Å²) in [6.45, 7) is 7.19. The van der Waals surface area contributed by atoms with Gasteiger partial charge in [0.2, 0.25) is 0 Å². The maximum Gasteiger partial charge on any atom is 0.251 e. The van der Waals surface area contributed by atoms with E-state index in [2.05, 4.69) is 5.32 Å². The van der Waals surface area contributed by atoms with Crippen LogP contribution in [0, 0.1) is 19.7 Å². The molecule has 0 radical (unpaired) electrons. The highest BCUT2D eigenvalue weighted by atomic mass is 19.1. The summed E-state index contributed by atoms with van der Waals surface area (Å²) in [7, 11) is 1.49. The molecule has 100 valence electrons. The van der Waals surface area contributed by atoms with Gasteiger partial charge in [0.15, 0.2) is 0 Å². The Labute approximate surface area is 107 Å². The van der Waals surface area contributed by atoms with Crippen LogP contribution in [0.15, 0.2) is 12.1 Å². The van der Waals surface area contributed by atoms with E-state index in [0.29, 0.717) is 17.7 Å². The second kappa shape index (κ2) is 5.48. The van der Waals surface area contributed by atoms with E-state index in [0.717, 1.165) is 5.56 Å². The zero-order chi connectivity index (χ0) is 13.9. The zero-order valence-electron chi connectivity index (χ0n) is 11.6. The predicted octanol–water partition coefficient (Wildman–Crippen LogP) is 2.48. The maximum absolute atomic E-state index is 13.4. The lowest BCUT2D eigenvalue weighted by atomic mass is 10.1. The summed E-state index contributed by atoms with van der Waals surface area (Å²) >= 11 is 0. The Kier molecular flexibility index (Phi) is 4.46. The number of carbonyl (C=O) groups is 1. The maximum atomic E-state index is 13.4. The lowest BCUT2D eigenvalue weighted by molar-refractivity contribution is -0.139. The lowest BCUT2D eigenvalue weighted by Gasteiger charge is -2.21. The summed E-state index contributed by atoms with van der Waals surface area (Å²) in [6.07, 6.45) is 0. The number of rotatable bonds is 4. The molecule has 1 N–H and O–H groups in total. The number of halogens is 1. The van der Waals surface area contributed by atoms with E-state index in [4.69, 9.17) is 4.74 Å². The van der Waals surface area contributed by atoms with Gasteiger partial charge in [0.1, 0.15) is 11.4 Å². The molecule has 1 aromatic rings. The van der Waals surface area contributed by atoms with Crippen LogP contribution in [0.1, 0.15) is 30.5 Å². The average Bonchev–Trinajstić information content (AvgIpc) is 2.32. The van der Waals surface area contributed by atoms with Gasteiger partial charge in [-0.05, 0) is 44.4 Å². The number of hydrogen-bond donors (Lipinski definition) is 1. The third-order valence-corrected chi connectivity index (χ3v) is 3.01. The molecule has 0 heterocycles. The van der Waals surface area contributed by atoms with Gasteiger partial charge in [-0.1, -0.05) is 12.1 Å². The molecule has 0 saturated heterocycles. The van der Waals surface area contributed by atoms with Gasteiger partial charge in [-0.15, -0.1) is 0 Å². The SMILES string of the molecule is COC(C)(C)C(=O)NCc1cc(C)c(F)c(C)c1. The van der Waals surface area contributed by atoms with Crippen molar-refractivity contribution in [1.29, 1.82) is 0 Å². The summed E-state index contributed by atoms with van der Waals surface area (Å²) < 4.78 is 18.5. The first-order chi connectivity index (χ1) is 8.27. The van der Waals surface area contributed by atoms with E-state index in [9.17, 15) is 9.18 Å². The van der Waals surface area contributed by atoms with Gasteiger partial charge in [-0.25, -0.2) is 4.39 Å². The number of amides is 1. The molecule has 1 amide bonds. The van der Waals surface area contributed by atoms with Crippen molar-refractivity contribution < 1.29 is 13.9 Å². The van der Waals surface area contributed by atoms with Gasteiger partial charge < -0.3 is 10.1 Å². The predicted molar refractivity (Wildman–Crippen MR) is 68.8 cm³/mol. The van der Waals surface area contributed by atoms with E-state index in [-0.39, 0.29) is 11.7 Å². The lowest BCUT2D eigenvalue weighted by Crippen LogP contribution is -2.43. The minimum Gasteiger partial charge on any atom is -0.369 e. The first kappa shape index (κ1) is 14.6. The molecule has 4 heteroatoms. The number of methoxy groups -OCH3 is 1. The van der Waals surface area contributed by atoms with Gasteiger partial charge in [0.05, 0.1) is 0 Å². The van der Waals surface area contributed by atoms with E-state index in [1.54, 1.807) is 39.8 Å². The van der Waals surface area contributed by atoms with E-state index in [1.807, 2.05) is 0 Å². The summed E-state index contributed by atoms with van der Waals surface area (Å²) in [5, 5.41) is 2.78. The summed E-state index contributed by atoms with van der Waals surface area (Å²) in [5.41, 5.74) is 1.20. The van der Waals surface area contributed by atoms with Gasteiger partial charge in [-0.2, -0.15) is 0 Å². The molecule has 0 spiro atoms. The van der Waals surface area contributed by atoms with Crippen LogP contribution < -0.4 is 5.32 Å². The third kappa shape index (κ3) is 3.29. The Bertz CT molecular complexity index is 432. The molecule has 0 unspecified atom stereocenters. The topological polar surface area (TPSA) is 38.3 Å². The standard InChI is InChI=1S/C14H20FNO2/c1-9-6-11(7-10(2)12(9)15)8-16-13(17)14(3,4)18-5/h6-7H,8H2,1-5H3,(H,16,17). The Balaban J connectivity index is 2.73. The molecule has 0 aliphatic heterocycles. The molecule has 0 saturated carbocycles. The molecule has 18 heavy (non-hydrogen) atoms. The molecular formula is C14H20FNO2. The number of aryl methyl sites for hydroxylation is 2. The minimum atomic E-state index is -0.857. The smallest absolute Gasteiger partial charge is 0.251 e. The highest BCUT2D eigenvalue weighted by Gasteiger charge is 2.26. The van der Waals surface area contributed by atoms with Crippen molar-refractivity contribution >= 4 is 5.91 Å². The van der Waals surface area contributed by atoms with Crippen molar-refractivity contribution in [2.24, 2.45) is 0 Å². The molecule has 1 rings (SSSR count). The van der Waals surface area contributed by atoms with E-state index >= 15 is 0 Å². The van der Waals surface area contributed by atoms with Crippen LogP contribution in [0.3, 0.4) is 0 Å². The molecular weight excluding hydrogens is 233 g/mol. The Morgan fingerprint density at radius 3 is 2.28 bits per heavy atom. The second-order valence-electron chi connectivity index (χ2n) is 4.94. The van der Waals surface area contributed by atoms with Crippen molar-refractivity contribution in [3.63, 3.8) is 0 Å². The van der Waals surface area contributed by atoms with Gasteiger partial charge in [-0.3, -0.25) is 4.79 Å². The monoisotopic (exact) mass is 253 g/mol. The number of nitrogens with one attached hydrogen (secondary N) is 1. The summed E-state index contributed by atoms with van der Waals surface area (Å²) in [4.78, 5) is 11.8. The van der Waals surface area contributed by atoms with Gasteiger partial charge in [0.25, 0.3) is 5.91 Å². The minimum absolute atomic E-state index is 0.190. The quantitative estimate of drug-likeness (QED) is 0.895. The molecule has 0 fully saturated rings. The van der Waals surface area contributed by atoms with E-state index in [1.165, 1.54) is 7.11 Å². The second-order valence-corrected chi connectivity index (χ2v) is 4.94. The van der Waals surface area contributed by atoms with Crippen molar-refractivity contribution in [3.05, 3.63) is 34.6 Å². The number of hydrogen-bond acceptors (Lipinski definition) is 2. The largest absolute Gasteiger partial charge is 0.369 e. The van der Waals surface area contributed by atoms with Crippen molar-refractivity contribution in [3.8, 4) is 0 Å². The van der Waals surface area contributed by atoms with Crippen LogP contribution in [0.4, 0.5) is 4.39 Å². The normalized spacial score (nSPS) is 11.4. The Morgan fingerprint density at radius 2 is 1.83 bits per heavy atom. The van der Waals surface area contributed by atoms with Crippen LogP contribution in [-0.2, 0) is 16.1 Å². The molecule has 3 nitrogen and oxygen atoms in total. The van der Waals surface area contributed by atoms with Crippen LogP contribution >= 0.6 is 0 Å². The molecule has 0 aliphatic carbocycles. The first-order valence-corrected chi connectivity index (χ1v) is 5.87. The molecule has 1 aromatic carbocycles. The highest BCUT2D eigenvalue weighted by molar-refractivity contribution is 5.84. The molecule has 0 atom stereocenters. The summed E-state index contributed by atoms with van der Waals surface area (Å²) in [5.74, 6) is -0.382. The average molecular weight is 253 g/mol. The fourth-order valence-corrected chi connectivity index (χ4v) is 1.63. The number of ether oxygens (including phenoxy) is 1. The summed E-state index contributed by atoms with van der Waals surface area (Å²) in [6, 6.07) is 3.48. The van der Waals surface area contributed by atoms with Crippen LogP contribution in [-0.4, -0.2) is 18.6 Å². The van der Waals surface area contributed by atoms with Crippen LogP contribution in [0.2, 0.25) is 0 Å². The highest BCUT2D eigenvalue weighted by Crippen LogP contribution is 2.15. The third-order valence-electron chi connectivity index (χ3n) is 3.01.